The van der Waals surface area contributed by atoms with Crippen LogP contribution in [0.1, 0.15) is 39.5 Å². The SMILES string of the molecule is COC[C@H]1CC[C@H](C(C)C)CC1. The lowest BCUT2D eigenvalue weighted by molar-refractivity contribution is 0.110. The van der Waals surface area contributed by atoms with E-state index in [1.165, 1.54) is 25.7 Å². The van der Waals surface area contributed by atoms with Gasteiger partial charge in [-0.15, -0.1) is 0 Å². The van der Waals surface area contributed by atoms with Gasteiger partial charge in [0.2, 0.25) is 0 Å². The number of hydrogen-bond acceptors (Lipinski definition) is 1. The van der Waals surface area contributed by atoms with Gasteiger partial charge in [0.05, 0.1) is 0 Å². The fourth-order valence-electron chi connectivity index (χ4n) is 2.26. The molecule has 1 aliphatic carbocycles. The van der Waals surface area contributed by atoms with Crippen LogP contribution in [-0.4, -0.2) is 13.7 Å². The predicted molar refractivity (Wildman–Crippen MR) is 52.2 cm³/mol. The fourth-order valence-corrected chi connectivity index (χ4v) is 2.26. The molecule has 72 valence electrons. The summed E-state index contributed by atoms with van der Waals surface area (Å²) in [7, 11) is 1.81. The van der Waals surface area contributed by atoms with Crippen molar-refractivity contribution in [3.8, 4) is 0 Å². The Bertz CT molecular complexity index is 112. The van der Waals surface area contributed by atoms with Crippen molar-refractivity contribution in [1.82, 2.24) is 0 Å². The Morgan fingerprint density at radius 3 is 2.17 bits per heavy atom. The van der Waals surface area contributed by atoms with E-state index >= 15 is 0 Å². The summed E-state index contributed by atoms with van der Waals surface area (Å²) in [6, 6.07) is 0. The van der Waals surface area contributed by atoms with Gasteiger partial charge in [0.1, 0.15) is 0 Å². The van der Waals surface area contributed by atoms with Crippen molar-refractivity contribution in [3.05, 3.63) is 0 Å². The van der Waals surface area contributed by atoms with E-state index in [1.54, 1.807) is 0 Å². The highest BCUT2D eigenvalue weighted by atomic mass is 16.5. The number of rotatable bonds is 3. The maximum Gasteiger partial charge on any atom is 0.0490 e. The molecule has 0 radical (unpaired) electrons. The van der Waals surface area contributed by atoms with Gasteiger partial charge in [-0.1, -0.05) is 13.8 Å². The maximum absolute atomic E-state index is 5.18. The van der Waals surface area contributed by atoms with Crippen molar-refractivity contribution >= 4 is 0 Å². The summed E-state index contributed by atoms with van der Waals surface area (Å²) in [5.74, 6) is 2.72. The minimum atomic E-state index is 0.852. The second kappa shape index (κ2) is 4.86. The molecule has 0 aromatic heterocycles. The maximum atomic E-state index is 5.18. The second-order valence-electron chi connectivity index (χ2n) is 4.48. The molecule has 1 saturated carbocycles. The van der Waals surface area contributed by atoms with Crippen LogP contribution in [0.2, 0.25) is 0 Å². The van der Waals surface area contributed by atoms with E-state index in [0.29, 0.717) is 0 Å². The fraction of sp³-hybridized carbons (Fsp3) is 1.00. The first-order valence-corrected chi connectivity index (χ1v) is 5.23. The summed E-state index contributed by atoms with van der Waals surface area (Å²) in [5, 5.41) is 0. The molecule has 0 aliphatic heterocycles. The third-order valence-electron chi connectivity index (χ3n) is 3.24. The van der Waals surface area contributed by atoms with E-state index in [0.717, 1.165) is 24.4 Å². The smallest absolute Gasteiger partial charge is 0.0490 e. The highest BCUT2D eigenvalue weighted by Gasteiger charge is 2.22. The van der Waals surface area contributed by atoms with Gasteiger partial charge in [0.25, 0.3) is 0 Å². The minimum Gasteiger partial charge on any atom is -0.384 e. The zero-order chi connectivity index (χ0) is 8.97. The van der Waals surface area contributed by atoms with Crippen LogP contribution in [0.15, 0.2) is 0 Å². The average molecular weight is 170 g/mol. The normalized spacial score (nSPS) is 31.0. The van der Waals surface area contributed by atoms with Crippen molar-refractivity contribution in [2.24, 2.45) is 17.8 Å². The third kappa shape index (κ3) is 2.78. The Morgan fingerprint density at radius 1 is 1.17 bits per heavy atom. The first-order chi connectivity index (χ1) is 5.74. The van der Waals surface area contributed by atoms with Crippen LogP contribution in [0.3, 0.4) is 0 Å². The second-order valence-corrected chi connectivity index (χ2v) is 4.48. The van der Waals surface area contributed by atoms with Crippen molar-refractivity contribution in [2.75, 3.05) is 13.7 Å². The van der Waals surface area contributed by atoms with Gasteiger partial charge in [-0.05, 0) is 43.4 Å². The Balaban J connectivity index is 2.20. The molecule has 0 N–H and O–H groups in total. The summed E-state index contributed by atoms with van der Waals surface area (Å²) in [6.07, 6.45) is 5.62. The number of hydrogen-bond donors (Lipinski definition) is 0. The molecule has 0 atom stereocenters. The Kier molecular flexibility index (Phi) is 4.07. The largest absolute Gasteiger partial charge is 0.384 e. The standard InChI is InChI=1S/C11H22O/c1-9(2)11-6-4-10(5-7-11)8-12-3/h9-11H,4-8H2,1-3H3/t10-,11-. The van der Waals surface area contributed by atoms with Gasteiger partial charge >= 0.3 is 0 Å². The van der Waals surface area contributed by atoms with Gasteiger partial charge in [0.15, 0.2) is 0 Å². The summed E-state index contributed by atoms with van der Waals surface area (Å²) >= 11 is 0. The zero-order valence-corrected chi connectivity index (χ0v) is 8.68. The quantitative estimate of drug-likeness (QED) is 0.632. The van der Waals surface area contributed by atoms with E-state index in [1.807, 2.05) is 7.11 Å². The Hall–Kier alpha value is -0.0400. The van der Waals surface area contributed by atoms with E-state index in [2.05, 4.69) is 13.8 Å². The molecule has 12 heavy (non-hydrogen) atoms. The first-order valence-electron chi connectivity index (χ1n) is 5.23. The van der Waals surface area contributed by atoms with Gasteiger partial charge in [-0.2, -0.15) is 0 Å². The van der Waals surface area contributed by atoms with Gasteiger partial charge in [-0.25, -0.2) is 0 Å². The van der Waals surface area contributed by atoms with Crippen LogP contribution in [-0.2, 0) is 4.74 Å². The van der Waals surface area contributed by atoms with Gasteiger partial charge in [-0.3, -0.25) is 0 Å². The lowest BCUT2D eigenvalue weighted by Gasteiger charge is -2.30. The molecular weight excluding hydrogens is 148 g/mol. The van der Waals surface area contributed by atoms with Crippen LogP contribution >= 0.6 is 0 Å². The topological polar surface area (TPSA) is 9.23 Å². The van der Waals surface area contributed by atoms with Crippen LogP contribution in [0.4, 0.5) is 0 Å². The lowest BCUT2D eigenvalue weighted by atomic mass is 9.77. The minimum absolute atomic E-state index is 0.852. The van der Waals surface area contributed by atoms with Crippen molar-refractivity contribution < 1.29 is 4.74 Å². The number of methoxy groups -OCH3 is 1. The molecule has 0 unspecified atom stereocenters. The highest BCUT2D eigenvalue weighted by Crippen LogP contribution is 2.33. The summed E-state index contributed by atoms with van der Waals surface area (Å²) in [5.41, 5.74) is 0. The first kappa shape index (κ1) is 10.0. The van der Waals surface area contributed by atoms with Crippen molar-refractivity contribution in [1.29, 1.82) is 0 Å². The molecule has 0 amide bonds. The van der Waals surface area contributed by atoms with E-state index in [-0.39, 0.29) is 0 Å². The molecule has 0 heterocycles. The molecule has 0 bridgehead atoms. The Labute approximate surface area is 76.5 Å². The Morgan fingerprint density at radius 2 is 1.75 bits per heavy atom. The highest BCUT2D eigenvalue weighted by molar-refractivity contribution is 4.73. The predicted octanol–water partition coefficient (Wildman–Crippen LogP) is 3.10. The summed E-state index contributed by atoms with van der Waals surface area (Å²) in [4.78, 5) is 0. The van der Waals surface area contributed by atoms with Gasteiger partial charge < -0.3 is 4.74 Å². The van der Waals surface area contributed by atoms with Crippen LogP contribution in [0.25, 0.3) is 0 Å². The summed E-state index contributed by atoms with van der Waals surface area (Å²) < 4.78 is 5.18. The molecule has 1 aliphatic rings. The summed E-state index contributed by atoms with van der Waals surface area (Å²) in [6.45, 7) is 5.67. The molecular formula is C11H22O. The molecule has 1 nitrogen and oxygen atoms in total. The molecule has 0 aromatic rings. The van der Waals surface area contributed by atoms with Crippen LogP contribution < -0.4 is 0 Å². The molecule has 0 aromatic carbocycles. The van der Waals surface area contributed by atoms with E-state index in [9.17, 15) is 0 Å². The van der Waals surface area contributed by atoms with Crippen molar-refractivity contribution in [2.45, 2.75) is 39.5 Å². The molecule has 0 spiro atoms. The molecule has 1 heteroatoms. The van der Waals surface area contributed by atoms with Crippen molar-refractivity contribution in [3.63, 3.8) is 0 Å². The zero-order valence-electron chi connectivity index (χ0n) is 8.68. The van der Waals surface area contributed by atoms with E-state index < -0.39 is 0 Å². The molecule has 0 saturated heterocycles. The lowest BCUT2D eigenvalue weighted by Crippen LogP contribution is -2.21. The average Bonchev–Trinajstić information content (AvgIpc) is 2.06. The van der Waals surface area contributed by atoms with E-state index in [4.69, 9.17) is 4.74 Å². The third-order valence-corrected chi connectivity index (χ3v) is 3.24. The number of ether oxygens (including phenoxy) is 1. The van der Waals surface area contributed by atoms with Gasteiger partial charge in [0, 0.05) is 13.7 Å². The van der Waals surface area contributed by atoms with Crippen LogP contribution in [0.5, 0.6) is 0 Å². The van der Waals surface area contributed by atoms with Crippen LogP contribution in [0, 0.1) is 17.8 Å². The monoisotopic (exact) mass is 170 g/mol. The molecule has 1 fully saturated rings. The molecule has 1 rings (SSSR count).